The zero-order valence-corrected chi connectivity index (χ0v) is 18.2. The normalized spacial score (nSPS) is 16.8. The summed E-state index contributed by atoms with van der Waals surface area (Å²) in [6, 6.07) is 14.7. The largest absolute Gasteiger partial charge is 0.372 e. The summed E-state index contributed by atoms with van der Waals surface area (Å²) in [7, 11) is 0. The Kier molecular flexibility index (Phi) is 6.99. The molecule has 2 N–H and O–H groups in total. The maximum atomic E-state index is 11.9. The number of hydrogen-bond donors (Lipinski definition) is 2. The number of carbonyl (C=O) groups excluding carboxylic acids is 4. The van der Waals surface area contributed by atoms with Gasteiger partial charge in [-0.3, -0.25) is 30.0 Å². The van der Waals surface area contributed by atoms with Gasteiger partial charge in [-0.25, -0.2) is 0 Å². The lowest BCUT2D eigenvalue weighted by atomic mass is 10.1. The van der Waals surface area contributed by atoms with Gasteiger partial charge in [0.2, 0.25) is 23.6 Å². The van der Waals surface area contributed by atoms with Gasteiger partial charge in [0.1, 0.15) is 0 Å². The maximum Gasteiger partial charge on any atom is 0.248 e. The molecule has 172 valence electrons. The van der Waals surface area contributed by atoms with Crippen LogP contribution in [0.4, 0.5) is 11.4 Å². The standard InChI is InChI=1S/C24H26N4O5/c29-21-3-1-4-22(30)27(21)25-19-11-7-17(8-12-19)15-33-16-18-9-13-20(14-10-18)26-28-23(31)5-2-6-24(28)32/h7-14,25-26H,1-6,15-16H2. The van der Waals surface area contributed by atoms with Gasteiger partial charge >= 0.3 is 0 Å². The number of hydrogen-bond acceptors (Lipinski definition) is 7. The lowest BCUT2D eigenvalue weighted by molar-refractivity contribution is -0.147. The molecule has 0 unspecified atom stereocenters. The van der Waals surface area contributed by atoms with Crippen molar-refractivity contribution in [3.63, 3.8) is 0 Å². The van der Waals surface area contributed by atoms with Crippen molar-refractivity contribution in [2.24, 2.45) is 0 Å². The highest BCUT2D eigenvalue weighted by molar-refractivity contribution is 5.99. The zero-order chi connectivity index (χ0) is 23.2. The van der Waals surface area contributed by atoms with Crippen molar-refractivity contribution in [3.8, 4) is 0 Å². The lowest BCUT2D eigenvalue weighted by Gasteiger charge is -2.26. The van der Waals surface area contributed by atoms with Crippen LogP contribution in [-0.2, 0) is 37.1 Å². The SMILES string of the molecule is O=C1CCCC(=O)N1Nc1ccc(COCc2ccc(NN3C(=O)CCCC3=O)cc2)cc1. The highest BCUT2D eigenvalue weighted by Crippen LogP contribution is 2.18. The first-order valence-electron chi connectivity index (χ1n) is 11.0. The zero-order valence-electron chi connectivity index (χ0n) is 18.2. The van der Waals surface area contributed by atoms with Gasteiger partial charge < -0.3 is 4.74 Å². The summed E-state index contributed by atoms with van der Waals surface area (Å²) in [5.74, 6) is -0.856. The number of ether oxygens (including phenoxy) is 1. The van der Waals surface area contributed by atoms with E-state index in [1.165, 1.54) is 0 Å². The molecule has 0 bridgehead atoms. The van der Waals surface area contributed by atoms with Crippen LogP contribution in [0.1, 0.15) is 49.7 Å². The van der Waals surface area contributed by atoms with Crippen molar-refractivity contribution in [1.29, 1.82) is 0 Å². The molecule has 2 aliphatic heterocycles. The third-order valence-corrected chi connectivity index (χ3v) is 5.49. The summed E-state index contributed by atoms with van der Waals surface area (Å²) in [5.41, 5.74) is 8.98. The maximum absolute atomic E-state index is 11.9. The Bertz CT molecular complexity index is 920. The van der Waals surface area contributed by atoms with E-state index in [0.717, 1.165) is 21.1 Å². The molecule has 2 aromatic rings. The molecule has 2 heterocycles. The van der Waals surface area contributed by atoms with E-state index in [2.05, 4.69) is 10.9 Å². The molecule has 0 radical (unpaired) electrons. The summed E-state index contributed by atoms with van der Waals surface area (Å²) < 4.78 is 5.78. The molecule has 0 saturated carbocycles. The Balaban J connectivity index is 1.24. The number of benzene rings is 2. The molecule has 9 heteroatoms. The smallest absolute Gasteiger partial charge is 0.248 e. The van der Waals surface area contributed by atoms with E-state index in [1.807, 2.05) is 24.3 Å². The monoisotopic (exact) mass is 450 g/mol. The van der Waals surface area contributed by atoms with Gasteiger partial charge in [-0.1, -0.05) is 24.3 Å². The van der Waals surface area contributed by atoms with Crippen LogP contribution in [0.3, 0.4) is 0 Å². The van der Waals surface area contributed by atoms with Gasteiger partial charge in [-0.05, 0) is 48.2 Å². The van der Waals surface area contributed by atoms with E-state index in [0.29, 0.717) is 63.1 Å². The molecule has 4 amide bonds. The summed E-state index contributed by atoms with van der Waals surface area (Å²) in [6.45, 7) is 0.803. The average molecular weight is 450 g/mol. The first-order chi connectivity index (χ1) is 16.0. The minimum Gasteiger partial charge on any atom is -0.372 e. The van der Waals surface area contributed by atoms with Crippen molar-refractivity contribution in [1.82, 2.24) is 10.0 Å². The fourth-order valence-corrected chi connectivity index (χ4v) is 3.65. The molecule has 4 rings (SSSR count). The predicted molar refractivity (Wildman–Crippen MR) is 120 cm³/mol. The van der Waals surface area contributed by atoms with E-state index in [-0.39, 0.29) is 23.6 Å². The summed E-state index contributed by atoms with van der Waals surface area (Å²) in [4.78, 5) is 47.6. The van der Waals surface area contributed by atoms with Crippen molar-refractivity contribution in [3.05, 3.63) is 59.7 Å². The molecule has 2 aromatic carbocycles. The quantitative estimate of drug-likeness (QED) is 0.595. The number of piperidine rings is 2. The fourth-order valence-electron chi connectivity index (χ4n) is 3.65. The second-order valence-corrected chi connectivity index (χ2v) is 8.06. The number of nitrogens with zero attached hydrogens (tertiary/aromatic N) is 2. The molecule has 9 nitrogen and oxygen atoms in total. The number of anilines is 2. The van der Waals surface area contributed by atoms with Crippen molar-refractivity contribution in [2.45, 2.75) is 51.7 Å². The van der Waals surface area contributed by atoms with E-state index in [1.54, 1.807) is 24.3 Å². The van der Waals surface area contributed by atoms with Gasteiger partial charge in [0.15, 0.2) is 0 Å². The highest BCUT2D eigenvalue weighted by Gasteiger charge is 2.26. The van der Waals surface area contributed by atoms with Crippen LogP contribution in [0.15, 0.2) is 48.5 Å². The topological polar surface area (TPSA) is 108 Å². The average Bonchev–Trinajstić information content (AvgIpc) is 2.81. The second-order valence-electron chi connectivity index (χ2n) is 8.06. The van der Waals surface area contributed by atoms with Gasteiger partial charge in [0.25, 0.3) is 0 Å². The number of imide groups is 2. The van der Waals surface area contributed by atoms with Crippen LogP contribution in [0, 0.1) is 0 Å². The summed E-state index contributed by atoms with van der Waals surface area (Å²) >= 11 is 0. The molecule has 0 spiro atoms. The second kappa shape index (κ2) is 10.3. The Morgan fingerprint density at radius 1 is 0.576 bits per heavy atom. The summed E-state index contributed by atoms with van der Waals surface area (Å²) in [5, 5.41) is 2.18. The van der Waals surface area contributed by atoms with Crippen molar-refractivity contribution < 1.29 is 23.9 Å². The molecule has 2 fully saturated rings. The molecular formula is C24H26N4O5. The minimum atomic E-state index is -0.214. The predicted octanol–water partition coefficient (Wildman–Crippen LogP) is 3.14. The third kappa shape index (κ3) is 5.75. The van der Waals surface area contributed by atoms with Gasteiger partial charge in [-0.2, -0.15) is 10.0 Å². The van der Waals surface area contributed by atoms with E-state index in [9.17, 15) is 19.2 Å². The van der Waals surface area contributed by atoms with E-state index >= 15 is 0 Å². The molecule has 0 aliphatic carbocycles. The minimum absolute atomic E-state index is 0.214. The molecule has 0 atom stereocenters. The number of nitrogens with one attached hydrogen (secondary N) is 2. The Hall–Kier alpha value is -3.72. The van der Waals surface area contributed by atoms with Crippen molar-refractivity contribution >= 4 is 35.0 Å². The first-order valence-corrected chi connectivity index (χ1v) is 11.0. The number of amides is 4. The van der Waals surface area contributed by atoms with Crippen LogP contribution >= 0.6 is 0 Å². The van der Waals surface area contributed by atoms with Crippen LogP contribution in [0.2, 0.25) is 0 Å². The molecular weight excluding hydrogens is 424 g/mol. The molecule has 33 heavy (non-hydrogen) atoms. The first kappa shape index (κ1) is 22.5. The lowest BCUT2D eigenvalue weighted by Crippen LogP contribution is -2.44. The van der Waals surface area contributed by atoms with E-state index < -0.39 is 0 Å². The van der Waals surface area contributed by atoms with Crippen LogP contribution in [0.5, 0.6) is 0 Å². The molecule has 0 aromatic heterocycles. The number of rotatable bonds is 8. The number of hydrazine groups is 2. The van der Waals surface area contributed by atoms with Crippen LogP contribution < -0.4 is 10.9 Å². The Morgan fingerprint density at radius 2 is 0.909 bits per heavy atom. The van der Waals surface area contributed by atoms with Crippen molar-refractivity contribution in [2.75, 3.05) is 10.9 Å². The van der Waals surface area contributed by atoms with Gasteiger partial charge in [0.05, 0.1) is 24.6 Å². The Labute approximate surface area is 191 Å². The molecule has 2 aliphatic rings. The van der Waals surface area contributed by atoms with Crippen LogP contribution in [-0.4, -0.2) is 33.6 Å². The van der Waals surface area contributed by atoms with E-state index in [4.69, 9.17) is 4.74 Å². The van der Waals surface area contributed by atoms with Gasteiger partial charge in [0, 0.05) is 25.7 Å². The van der Waals surface area contributed by atoms with Gasteiger partial charge in [-0.15, -0.1) is 0 Å². The highest BCUT2D eigenvalue weighted by atomic mass is 16.5. The van der Waals surface area contributed by atoms with Crippen LogP contribution in [0.25, 0.3) is 0 Å². The Morgan fingerprint density at radius 3 is 1.24 bits per heavy atom. The number of carbonyl (C=O) groups is 4. The summed E-state index contributed by atoms with van der Waals surface area (Å²) in [6.07, 6.45) is 2.69. The fraction of sp³-hybridized carbons (Fsp3) is 0.333. The molecule has 2 saturated heterocycles. The third-order valence-electron chi connectivity index (χ3n) is 5.49.